The zero-order valence-corrected chi connectivity index (χ0v) is 8.70. The zero-order valence-electron chi connectivity index (χ0n) is 7.19. The van der Waals surface area contributed by atoms with Gasteiger partial charge >= 0.3 is 0 Å². The maximum absolute atomic E-state index is 11.0. The average Bonchev–Trinajstić information content (AvgIpc) is 2.01. The van der Waals surface area contributed by atoms with Crippen molar-refractivity contribution in [3.8, 4) is 0 Å². The fraction of sp³-hybridized carbons (Fsp3) is 0.250. The van der Waals surface area contributed by atoms with Gasteiger partial charge in [-0.25, -0.2) is 0 Å². The molecular formula is C8H8Cl2N2O. The van der Waals surface area contributed by atoms with Crippen LogP contribution in [-0.4, -0.2) is 10.9 Å². The molecule has 1 amide bonds. The smallest absolute Gasteiger partial charge is 0.251 e. The number of nitrogens with zero attached hydrogens (tertiary/aromatic N) is 1. The fourth-order valence-corrected chi connectivity index (χ4v) is 1.53. The second-order valence-electron chi connectivity index (χ2n) is 2.65. The van der Waals surface area contributed by atoms with Gasteiger partial charge in [0.15, 0.2) is 0 Å². The Hall–Kier alpha value is -0.800. The molecule has 3 nitrogen and oxygen atoms in total. The highest BCUT2D eigenvalue weighted by molar-refractivity contribution is 6.40. The standard InChI is InChI=1S/C8H8Cl2N2O/c1-3-6(9)5(8(11)13)7(10)4(2)12-3/h1-2H3,(H2,11,13). The number of aryl methyl sites for hydroxylation is 2. The van der Waals surface area contributed by atoms with Gasteiger partial charge in [-0.1, -0.05) is 23.2 Å². The Morgan fingerprint density at radius 2 is 1.62 bits per heavy atom. The maximum Gasteiger partial charge on any atom is 0.251 e. The van der Waals surface area contributed by atoms with Crippen molar-refractivity contribution >= 4 is 29.1 Å². The summed E-state index contributed by atoms with van der Waals surface area (Å²) in [6.45, 7) is 3.39. The number of halogens is 2. The molecule has 0 bridgehead atoms. The van der Waals surface area contributed by atoms with Gasteiger partial charge in [-0.3, -0.25) is 9.78 Å². The lowest BCUT2D eigenvalue weighted by molar-refractivity contribution is 0.100. The summed E-state index contributed by atoms with van der Waals surface area (Å²) in [5, 5.41) is 0.450. The van der Waals surface area contributed by atoms with Crippen molar-refractivity contribution in [2.75, 3.05) is 0 Å². The summed E-state index contributed by atoms with van der Waals surface area (Å²) in [5.74, 6) is -0.636. The summed E-state index contributed by atoms with van der Waals surface area (Å²) < 4.78 is 0. The minimum absolute atomic E-state index is 0.147. The van der Waals surface area contributed by atoms with E-state index < -0.39 is 5.91 Å². The van der Waals surface area contributed by atoms with Gasteiger partial charge in [0.1, 0.15) is 0 Å². The lowest BCUT2D eigenvalue weighted by atomic mass is 10.2. The third kappa shape index (κ3) is 1.76. The lowest BCUT2D eigenvalue weighted by Gasteiger charge is -2.07. The average molecular weight is 219 g/mol. The van der Waals surface area contributed by atoms with Crippen molar-refractivity contribution in [1.82, 2.24) is 4.98 Å². The SMILES string of the molecule is Cc1nc(C)c(Cl)c(C(N)=O)c1Cl. The quantitative estimate of drug-likeness (QED) is 0.786. The first kappa shape index (κ1) is 10.3. The summed E-state index contributed by atoms with van der Waals surface area (Å²) in [6, 6.07) is 0. The van der Waals surface area contributed by atoms with Crippen LogP contribution in [0.1, 0.15) is 21.7 Å². The summed E-state index contributed by atoms with van der Waals surface area (Å²) in [4.78, 5) is 15.0. The molecule has 0 aliphatic heterocycles. The molecule has 0 aliphatic rings. The van der Waals surface area contributed by atoms with E-state index in [1.165, 1.54) is 0 Å². The van der Waals surface area contributed by atoms with E-state index in [1.54, 1.807) is 13.8 Å². The molecule has 70 valence electrons. The van der Waals surface area contributed by atoms with Gasteiger partial charge < -0.3 is 5.73 Å². The Labute approximate surface area is 85.9 Å². The molecule has 5 heteroatoms. The van der Waals surface area contributed by atoms with Crippen LogP contribution in [0.15, 0.2) is 0 Å². The number of carbonyl (C=O) groups excluding carboxylic acids is 1. The Bertz CT molecular complexity index is 351. The highest BCUT2D eigenvalue weighted by Gasteiger charge is 2.16. The first-order valence-electron chi connectivity index (χ1n) is 3.57. The number of carbonyl (C=O) groups is 1. The Morgan fingerprint density at radius 3 is 1.92 bits per heavy atom. The normalized spacial score (nSPS) is 10.2. The minimum Gasteiger partial charge on any atom is -0.366 e. The number of hydrogen-bond acceptors (Lipinski definition) is 2. The largest absolute Gasteiger partial charge is 0.366 e. The first-order chi connectivity index (χ1) is 5.95. The molecule has 0 aromatic carbocycles. The van der Waals surface area contributed by atoms with Crippen molar-refractivity contribution in [2.24, 2.45) is 5.73 Å². The van der Waals surface area contributed by atoms with Crippen LogP contribution in [0, 0.1) is 13.8 Å². The molecule has 0 saturated heterocycles. The summed E-state index contributed by atoms with van der Waals surface area (Å²) >= 11 is 11.6. The van der Waals surface area contributed by atoms with E-state index in [1.807, 2.05) is 0 Å². The van der Waals surface area contributed by atoms with Gasteiger partial charge in [0.2, 0.25) is 0 Å². The number of aromatic nitrogens is 1. The summed E-state index contributed by atoms with van der Waals surface area (Å²) in [5.41, 5.74) is 6.37. The molecule has 13 heavy (non-hydrogen) atoms. The minimum atomic E-state index is -0.636. The highest BCUT2D eigenvalue weighted by Crippen LogP contribution is 2.28. The molecule has 0 radical (unpaired) electrons. The predicted octanol–water partition coefficient (Wildman–Crippen LogP) is 2.10. The Balaban J connectivity index is 3.56. The molecule has 0 saturated carbocycles. The van der Waals surface area contributed by atoms with Gasteiger partial charge in [0, 0.05) is 0 Å². The number of amides is 1. The Morgan fingerprint density at radius 1 is 1.23 bits per heavy atom. The number of hydrogen-bond donors (Lipinski definition) is 1. The molecule has 0 fully saturated rings. The third-order valence-electron chi connectivity index (χ3n) is 1.66. The molecular weight excluding hydrogens is 211 g/mol. The van der Waals surface area contributed by atoms with Crippen molar-refractivity contribution in [1.29, 1.82) is 0 Å². The topological polar surface area (TPSA) is 56.0 Å². The van der Waals surface area contributed by atoms with Gasteiger partial charge in [-0.05, 0) is 13.8 Å². The summed E-state index contributed by atoms with van der Waals surface area (Å²) in [6.07, 6.45) is 0. The van der Waals surface area contributed by atoms with Gasteiger partial charge in [0.05, 0.1) is 27.0 Å². The monoisotopic (exact) mass is 218 g/mol. The maximum atomic E-state index is 11.0. The van der Waals surface area contributed by atoms with Crippen molar-refractivity contribution < 1.29 is 4.79 Å². The van der Waals surface area contributed by atoms with Crippen LogP contribution in [0.3, 0.4) is 0 Å². The molecule has 0 spiro atoms. The lowest BCUT2D eigenvalue weighted by Crippen LogP contribution is -2.14. The van der Waals surface area contributed by atoms with Crippen LogP contribution >= 0.6 is 23.2 Å². The molecule has 1 aromatic rings. The van der Waals surface area contributed by atoms with E-state index in [0.717, 1.165) is 0 Å². The van der Waals surface area contributed by atoms with E-state index in [9.17, 15) is 4.79 Å². The third-order valence-corrected chi connectivity index (χ3v) is 2.58. The van der Waals surface area contributed by atoms with E-state index in [2.05, 4.69) is 4.98 Å². The molecule has 1 heterocycles. The van der Waals surface area contributed by atoms with Gasteiger partial charge in [-0.2, -0.15) is 0 Å². The molecule has 1 rings (SSSR count). The second-order valence-corrected chi connectivity index (χ2v) is 3.41. The first-order valence-corrected chi connectivity index (χ1v) is 4.32. The van der Waals surface area contributed by atoms with Gasteiger partial charge in [0.25, 0.3) is 5.91 Å². The number of primary amides is 1. The molecule has 0 unspecified atom stereocenters. The molecule has 0 aliphatic carbocycles. The predicted molar refractivity (Wildman–Crippen MR) is 52.2 cm³/mol. The van der Waals surface area contributed by atoms with Crippen molar-refractivity contribution in [2.45, 2.75) is 13.8 Å². The number of rotatable bonds is 1. The van der Waals surface area contributed by atoms with Crippen LogP contribution in [0.5, 0.6) is 0 Å². The van der Waals surface area contributed by atoms with Crippen LogP contribution in [0.2, 0.25) is 10.0 Å². The van der Waals surface area contributed by atoms with E-state index in [4.69, 9.17) is 28.9 Å². The van der Waals surface area contributed by atoms with Crippen molar-refractivity contribution in [3.63, 3.8) is 0 Å². The second kappa shape index (κ2) is 3.52. The van der Waals surface area contributed by atoms with E-state index >= 15 is 0 Å². The van der Waals surface area contributed by atoms with Crippen LogP contribution in [0.4, 0.5) is 0 Å². The van der Waals surface area contributed by atoms with E-state index in [-0.39, 0.29) is 15.6 Å². The van der Waals surface area contributed by atoms with E-state index in [0.29, 0.717) is 11.4 Å². The van der Waals surface area contributed by atoms with Gasteiger partial charge in [-0.15, -0.1) is 0 Å². The van der Waals surface area contributed by atoms with Crippen LogP contribution < -0.4 is 5.73 Å². The molecule has 2 N–H and O–H groups in total. The fourth-order valence-electron chi connectivity index (χ4n) is 1.02. The molecule has 0 atom stereocenters. The number of nitrogens with two attached hydrogens (primary N) is 1. The van der Waals surface area contributed by atoms with Crippen molar-refractivity contribution in [3.05, 3.63) is 27.0 Å². The summed E-state index contributed by atoms with van der Waals surface area (Å²) in [7, 11) is 0. The van der Waals surface area contributed by atoms with Crippen LogP contribution in [-0.2, 0) is 0 Å². The zero-order chi connectivity index (χ0) is 10.2. The molecule has 1 aromatic heterocycles. The number of pyridine rings is 1. The highest BCUT2D eigenvalue weighted by atomic mass is 35.5. The Kier molecular flexibility index (Phi) is 2.78. The van der Waals surface area contributed by atoms with Crippen LogP contribution in [0.25, 0.3) is 0 Å².